The number of fused-ring (bicyclic) bond motifs is 1. The molecule has 0 bridgehead atoms. The van der Waals surface area contributed by atoms with Crippen LogP contribution in [0.1, 0.15) is 46.0 Å². The average molecular weight is 198 g/mol. The molecule has 1 aliphatic heterocycles. The van der Waals surface area contributed by atoms with Crippen LogP contribution in [0.25, 0.3) is 0 Å². The number of hydrogen-bond acceptors (Lipinski definition) is 2. The van der Waals surface area contributed by atoms with Crippen LogP contribution < -0.4 is 0 Å². The summed E-state index contributed by atoms with van der Waals surface area (Å²) < 4.78 is 11.4. The third kappa shape index (κ3) is 1.70. The zero-order valence-corrected chi connectivity index (χ0v) is 9.42. The van der Waals surface area contributed by atoms with E-state index >= 15 is 0 Å². The first kappa shape index (κ1) is 10.4. The van der Waals surface area contributed by atoms with Crippen molar-refractivity contribution in [1.82, 2.24) is 0 Å². The molecule has 0 N–H and O–H groups in total. The van der Waals surface area contributed by atoms with Crippen LogP contribution in [0.3, 0.4) is 0 Å². The van der Waals surface area contributed by atoms with Gasteiger partial charge in [0.25, 0.3) is 0 Å². The minimum atomic E-state index is -0.115. The van der Waals surface area contributed by atoms with Crippen molar-refractivity contribution in [2.45, 2.75) is 51.7 Å². The Balaban J connectivity index is 0.000000354. The lowest BCUT2D eigenvalue weighted by Crippen LogP contribution is -2.26. The minimum absolute atomic E-state index is 0.115. The zero-order valence-electron chi connectivity index (χ0n) is 9.42. The highest BCUT2D eigenvalue weighted by atomic mass is 16.7. The summed E-state index contributed by atoms with van der Waals surface area (Å²) in [6, 6.07) is 0. The maximum Gasteiger partial charge on any atom is 0.169 e. The van der Waals surface area contributed by atoms with E-state index in [-0.39, 0.29) is 5.79 Å². The van der Waals surface area contributed by atoms with Crippen LogP contribution >= 0.6 is 0 Å². The van der Waals surface area contributed by atoms with Crippen LogP contribution in [0.4, 0.5) is 0 Å². The molecule has 2 unspecified atom stereocenters. The Morgan fingerprint density at radius 1 is 0.929 bits per heavy atom. The highest BCUT2D eigenvalue weighted by Crippen LogP contribution is 2.51. The predicted molar refractivity (Wildman–Crippen MR) is 56.0 cm³/mol. The topological polar surface area (TPSA) is 18.5 Å². The Kier molecular flexibility index (Phi) is 3.13. The number of hydrogen-bond donors (Lipinski definition) is 0. The summed E-state index contributed by atoms with van der Waals surface area (Å²) in [5.41, 5.74) is 0. The van der Waals surface area contributed by atoms with Crippen molar-refractivity contribution >= 4 is 0 Å². The van der Waals surface area contributed by atoms with Crippen LogP contribution in [-0.4, -0.2) is 19.0 Å². The SMILES string of the molecule is C1CC2CC3(CC2C1)OCCO3.CC. The van der Waals surface area contributed by atoms with Gasteiger partial charge in [0.1, 0.15) is 0 Å². The van der Waals surface area contributed by atoms with Gasteiger partial charge in [-0.05, 0) is 24.7 Å². The molecule has 1 spiro atoms. The molecule has 0 aromatic rings. The van der Waals surface area contributed by atoms with Crippen molar-refractivity contribution in [2.24, 2.45) is 11.8 Å². The van der Waals surface area contributed by atoms with Gasteiger partial charge in [-0.2, -0.15) is 0 Å². The van der Waals surface area contributed by atoms with E-state index in [4.69, 9.17) is 9.47 Å². The second-order valence-corrected chi connectivity index (χ2v) is 4.47. The quantitative estimate of drug-likeness (QED) is 0.596. The molecule has 2 nitrogen and oxygen atoms in total. The lowest BCUT2D eigenvalue weighted by atomic mass is 10.0. The van der Waals surface area contributed by atoms with Gasteiger partial charge in [0.2, 0.25) is 0 Å². The molecule has 3 fully saturated rings. The molecular weight excluding hydrogens is 176 g/mol. The second kappa shape index (κ2) is 4.19. The molecular formula is C12H22O2. The Labute approximate surface area is 87.0 Å². The molecule has 0 amide bonds. The van der Waals surface area contributed by atoms with Crippen molar-refractivity contribution in [3.8, 4) is 0 Å². The Hall–Kier alpha value is -0.0800. The molecule has 82 valence electrons. The first-order valence-electron chi connectivity index (χ1n) is 6.16. The van der Waals surface area contributed by atoms with E-state index in [0.29, 0.717) is 0 Å². The Morgan fingerprint density at radius 3 is 1.93 bits per heavy atom. The minimum Gasteiger partial charge on any atom is -0.348 e. The maximum atomic E-state index is 5.72. The largest absolute Gasteiger partial charge is 0.348 e. The standard InChI is InChI=1S/C10H16O2.C2H6/c1-2-8-6-10(7-9(8)3-1)11-4-5-12-10;1-2/h8-9H,1-7H2;1-2H3. The van der Waals surface area contributed by atoms with Crippen molar-refractivity contribution in [3.05, 3.63) is 0 Å². The first-order chi connectivity index (χ1) is 6.88. The lowest BCUT2D eigenvalue weighted by Gasteiger charge is -2.22. The Morgan fingerprint density at radius 2 is 1.43 bits per heavy atom. The van der Waals surface area contributed by atoms with Crippen molar-refractivity contribution in [2.75, 3.05) is 13.2 Å². The van der Waals surface area contributed by atoms with Crippen molar-refractivity contribution < 1.29 is 9.47 Å². The molecule has 3 rings (SSSR count). The van der Waals surface area contributed by atoms with E-state index in [1.807, 2.05) is 13.8 Å². The van der Waals surface area contributed by atoms with E-state index in [1.54, 1.807) is 0 Å². The lowest BCUT2D eigenvalue weighted by molar-refractivity contribution is -0.155. The van der Waals surface area contributed by atoms with Gasteiger partial charge >= 0.3 is 0 Å². The van der Waals surface area contributed by atoms with E-state index in [9.17, 15) is 0 Å². The predicted octanol–water partition coefficient (Wildman–Crippen LogP) is 2.97. The smallest absolute Gasteiger partial charge is 0.169 e. The van der Waals surface area contributed by atoms with Gasteiger partial charge in [-0.15, -0.1) is 0 Å². The summed E-state index contributed by atoms with van der Waals surface area (Å²) in [6.07, 6.45) is 6.62. The molecule has 2 atom stereocenters. The molecule has 0 aromatic carbocycles. The summed E-state index contributed by atoms with van der Waals surface area (Å²) in [7, 11) is 0. The molecule has 2 saturated carbocycles. The third-order valence-electron chi connectivity index (χ3n) is 3.78. The second-order valence-electron chi connectivity index (χ2n) is 4.47. The molecule has 2 heteroatoms. The summed E-state index contributed by atoms with van der Waals surface area (Å²) in [5, 5.41) is 0. The molecule has 0 radical (unpaired) electrons. The highest BCUT2D eigenvalue weighted by Gasteiger charge is 2.50. The van der Waals surface area contributed by atoms with E-state index in [0.717, 1.165) is 25.0 Å². The molecule has 0 aromatic heterocycles. The van der Waals surface area contributed by atoms with Gasteiger partial charge in [0.05, 0.1) is 13.2 Å². The van der Waals surface area contributed by atoms with Gasteiger partial charge in [0.15, 0.2) is 5.79 Å². The molecule has 1 heterocycles. The van der Waals surface area contributed by atoms with Gasteiger partial charge in [-0.25, -0.2) is 0 Å². The van der Waals surface area contributed by atoms with Gasteiger partial charge in [-0.1, -0.05) is 20.3 Å². The molecule has 1 saturated heterocycles. The number of rotatable bonds is 0. The third-order valence-corrected chi connectivity index (χ3v) is 3.78. The van der Waals surface area contributed by atoms with Gasteiger partial charge < -0.3 is 9.47 Å². The van der Waals surface area contributed by atoms with Crippen molar-refractivity contribution in [3.63, 3.8) is 0 Å². The van der Waals surface area contributed by atoms with Crippen molar-refractivity contribution in [1.29, 1.82) is 0 Å². The summed E-state index contributed by atoms with van der Waals surface area (Å²) >= 11 is 0. The fourth-order valence-electron chi connectivity index (χ4n) is 3.27. The van der Waals surface area contributed by atoms with Crippen LogP contribution in [0.5, 0.6) is 0 Å². The van der Waals surface area contributed by atoms with E-state index < -0.39 is 0 Å². The fraction of sp³-hybridized carbons (Fsp3) is 1.00. The summed E-state index contributed by atoms with van der Waals surface area (Å²) in [5.74, 6) is 1.72. The monoisotopic (exact) mass is 198 g/mol. The maximum absolute atomic E-state index is 5.72. The molecule has 14 heavy (non-hydrogen) atoms. The van der Waals surface area contributed by atoms with E-state index in [2.05, 4.69) is 0 Å². The molecule has 2 aliphatic carbocycles. The van der Waals surface area contributed by atoms with Crippen LogP contribution in [-0.2, 0) is 9.47 Å². The molecule has 3 aliphatic rings. The summed E-state index contributed by atoms with van der Waals surface area (Å²) in [6.45, 7) is 5.64. The van der Waals surface area contributed by atoms with Crippen LogP contribution in [0.15, 0.2) is 0 Å². The summed E-state index contributed by atoms with van der Waals surface area (Å²) in [4.78, 5) is 0. The van der Waals surface area contributed by atoms with Crippen LogP contribution in [0, 0.1) is 11.8 Å². The van der Waals surface area contributed by atoms with Crippen LogP contribution in [0.2, 0.25) is 0 Å². The van der Waals surface area contributed by atoms with E-state index in [1.165, 1.54) is 32.1 Å². The van der Waals surface area contributed by atoms with Gasteiger partial charge in [0, 0.05) is 12.8 Å². The highest BCUT2D eigenvalue weighted by molar-refractivity contribution is 4.94. The Bertz CT molecular complexity index is 171. The van der Waals surface area contributed by atoms with Gasteiger partial charge in [-0.3, -0.25) is 0 Å². The average Bonchev–Trinajstić information content (AvgIpc) is 2.86. The zero-order chi connectivity index (χ0) is 10.0. The normalized spacial score (nSPS) is 38.1. The first-order valence-corrected chi connectivity index (χ1v) is 6.16. The number of ether oxygens (including phenoxy) is 2. The fourth-order valence-corrected chi connectivity index (χ4v) is 3.27.